The molecule has 0 spiro atoms. The molecule has 1 amide bonds. The maximum absolute atomic E-state index is 12.5. The van der Waals surface area contributed by atoms with Gasteiger partial charge in [0.15, 0.2) is 9.84 Å². The van der Waals surface area contributed by atoms with Crippen LogP contribution in [0, 0.1) is 0 Å². The van der Waals surface area contributed by atoms with Gasteiger partial charge < -0.3 is 10.6 Å². The second-order valence-electron chi connectivity index (χ2n) is 6.21. The first-order valence-electron chi connectivity index (χ1n) is 8.00. The molecule has 2 rings (SSSR count). The van der Waals surface area contributed by atoms with Crippen molar-refractivity contribution in [2.24, 2.45) is 7.05 Å². The Morgan fingerprint density at radius 1 is 1.31 bits per heavy atom. The lowest BCUT2D eigenvalue weighted by Gasteiger charge is -2.15. The fourth-order valence-corrected chi connectivity index (χ4v) is 3.37. The number of benzene rings is 1. The number of aromatic nitrogens is 2. The van der Waals surface area contributed by atoms with Gasteiger partial charge in [0.1, 0.15) is 6.04 Å². The normalized spacial score (nSPS) is 12.5. The molecule has 0 radical (unpaired) electrons. The highest BCUT2D eigenvalue weighted by molar-refractivity contribution is 7.91. The number of amides is 1. The molecule has 0 aliphatic heterocycles. The molecule has 2 aromatic rings. The van der Waals surface area contributed by atoms with E-state index in [9.17, 15) is 13.2 Å². The fraction of sp³-hybridized carbons (Fsp3) is 0.412. The Hall–Kier alpha value is -1.90. The second-order valence-corrected chi connectivity index (χ2v) is 8.77. The van der Waals surface area contributed by atoms with Crippen LogP contribution in [-0.4, -0.2) is 36.4 Å². The Morgan fingerprint density at radius 3 is 2.54 bits per heavy atom. The third-order valence-corrected chi connectivity index (χ3v) is 6.06. The average molecular weight is 401 g/mol. The molecule has 0 aliphatic carbocycles. The van der Waals surface area contributed by atoms with E-state index in [-0.39, 0.29) is 24.1 Å². The van der Waals surface area contributed by atoms with Crippen molar-refractivity contribution in [2.45, 2.75) is 30.9 Å². The van der Waals surface area contributed by atoms with Gasteiger partial charge in [-0.15, -0.1) is 12.4 Å². The van der Waals surface area contributed by atoms with E-state index in [0.717, 1.165) is 5.56 Å². The van der Waals surface area contributed by atoms with Crippen LogP contribution in [0.25, 0.3) is 0 Å². The number of halogens is 1. The number of hydrogen-bond donors (Lipinski definition) is 2. The highest BCUT2D eigenvalue weighted by Gasteiger charge is 2.21. The highest BCUT2D eigenvalue weighted by atomic mass is 35.5. The standard InChI is InChI=1S/C17H24N4O3S.ClH/c1-12(2)25(23,24)11-13-6-5-7-15(8-13)20-17(22)16(18-3)14-9-19-21(4)10-14;/h5-10,12,16,18H,11H2,1-4H3,(H,20,22);1H. The quantitative estimate of drug-likeness (QED) is 0.742. The van der Waals surface area contributed by atoms with Gasteiger partial charge in [-0.25, -0.2) is 8.42 Å². The van der Waals surface area contributed by atoms with Crippen molar-refractivity contribution >= 4 is 33.8 Å². The molecule has 1 unspecified atom stereocenters. The van der Waals surface area contributed by atoms with Crippen LogP contribution in [0.15, 0.2) is 36.7 Å². The van der Waals surface area contributed by atoms with Gasteiger partial charge >= 0.3 is 0 Å². The lowest BCUT2D eigenvalue weighted by Crippen LogP contribution is -2.30. The van der Waals surface area contributed by atoms with Crippen LogP contribution in [0.1, 0.15) is 31.0 Å². The molecule has 0 fully saturated rings. The van der Waals surface area contributed by atoms with Crippen LogP contribution < -0.4 is 10.6 Å². The Morgan fingerprint density at radius 2 is 2.00 bits per heavy atom. The van der Waals surface area contributed by atoms with Gasteiger partial charge in [0, 0.05) is 24.5 Å². The van der Waals surface area contributed by atoms with E-state index in [1.807, 2.05) is 0 Å². The van der Waals surface area contributed by atoms with Crippen molar-refractivity contribution in [3.05, 3.63) is 47.8 Å². The minimum atomic E-state index is -3.19. The smallest absolute Gasteiger partial charge is 0.246 e. The number of anilines is 1. The van der Waals surface area contributed by atoms with Gasteiger partial charge in [-0.1, -0.05) is 12.1 Å². The van der Waals surface area contributed by atoms with Gasteiger partial charge in [-0.2, -0.15) is 5.10 Å². The van der Waals surface area contributed by atoms with Gasteiger partial charge in [-0.05, 0) is 38.6 Å². The predicted molar refractivity (Wildman–Crippen MR) is 105 cm³/mol. The van der Waals surface area contributed by atoms with Gasteiger partial charge in [0.2, 0.25) is 5.91 Å². The fourth-order valence-electron chi connectivity index (χ4n) is 2.39. The Balaban J connectivity index is 0.00000338. The molecular formula is C17H25ClN4O3S. The topological polar surface area (TPSA) is 93.1 Å². The van der Waals surface area contributed by atoms with Crippen LogP contribution in [0.5, 0.6) is 0 Å². The van der Waals surface area contributed by atoms with Crippen molar-refractivity contribution in [1.82, 2.24) is 15.1 Å². The van der Waals surface area contributed by atoms with Crippen molar-refractivity contribution in [2.75, 3.05) is 12.4 Å². The minimum absolute atomic E-state index is 0. The molecule has 0 saturated carbocycles. The SMILES string of the molecule is CNC(C(=O)Nc1cccc(CS(=O)(=O)C(C)C)c1)c1cnn(C)c1.Cl. The molecule has 0 bridgehead atoms. The van der Waals surface area contributed by atoms with Gasteiger partial charge in [0.25, 0.3) is 0 Å². The van der Waals surface area contributed by atoms with E-state index >= 15 is 0 Å². The molecule has 0 aliphatic rings. The lowest BCUT2D eigenvalue weighted by atomic mass is 10.1. The highest BCUT2D eigenvalue weighted by Crippen LogP contribution is 2.18. The molecule has 1 aromatic carbocycles. The number of aryl methyl sites for hydroxylation is 1. The Kier molecular flexibility index (Phi) is 7.80. The first kappa shape index (κ1) is 22.1. The maximum Gasteiger partial charge on any atom is 0.246 e. The van der Waals surface area contributed by atoms with E-state index < -0.39 is 21.1 Å². The summed E-state index contributed by atoms with van der Waals surface area (Å²) in [6, 6.07) is 6.36. The summed E-state index contributed by atoms with van der Waals surface area (Å²) in [5.74, 6) is -0.286. The van der Waals surface area contributed by atoms with Gasteiger partial charge in [0.05, 0.1) is 17.2 Å². The first-order chi connectivity index (χ1) is 11.7. The number of nitrogens with zero attached hydrogens (tertiary/aromatic N) is 2. The predicted octanol–water partition coefficient (Wildman–Crippen LogP) is 2.06. The zero-order chi connectivity index (χ0) is 18.6. The summed E-state index contributed by atoms with van der Waals surface area (Å²) in [5, 5.41) is 9.42. The first-order valence-corrected chi connectivity index (χ1v) is 9.71. The molecule has 1 aromatic heterocycles. The molecule has 1 atom stereocenters. The number of rotatable bonds is 7. The third-order valence-electron chi connectivity index (χ3n) is 3.89. The van der Waals surface area contributed by atoms with Crippen molar-refractivity contribution in [1.29, 1.82) is 0 Å². The van der Waals surface area contributed by atoms with E-state index in [0.29, 0.717) is 11.3 Å². The summed E-state index contributed by atoms with van der Waals surface area (Å²) in [7, 11) is 0.288. The summed E-state index contributed by atoms with van der Waals surface area (Å²) >= 11 is 0. The summed E-state index contributed by atoms with van der Waals surface area (Å²) in [4.78, 5) is 12.5. The van der Waals surface area contributed by atoms with Crippen LogP contribution in [-0.2, 0) is 27.4 Å². The monoisotopic (exact) mass is 400 g/mol. The third kappa shape index (κ3) is 5.55. The number of carbonyl (C=O) groups excluding carboxylic acids is 1. The van der Waals surface area contributed by atoms with Crippen LogP contribution in [0.4, 0.5) is 5.69 Å². The van der Waals surface area contributed by atoms with E-state index in [1.54, 1.807) is 69.3 Å². The zero-order valence-electron chi connectivity index (χ0n) is 15.3. The number of carbonyl (C=O) groups is 1. The number of sulfone groups is 1. The molecular weight excluding hydrogens is 376 g/mol. The van der Waals surface area contributed by atoms with E-state index in [1.165, 1.54) is 0 Å². The largest absolute Gasteiger partial charge is 0.324 e. The molecule has 9 heteroatoms. The van der Waals surface area contributed by atoms with Crippen LogP contribution in [0.3, 0.4) is 0 Å². The maximum atomic E-state index is 12.5. The van der Waals surface area contributed by atoms with Gasteiger partial charge in [-0.3, -0.25) is 9.48 Å². The van der Waals surface area contributed by atoms with E-state index in [4.69, 9.17) is 0 Å². The molecule has 144 valence electrons. The Bertz CT molecular complexity index is 849. The van der Waals surface area contributed by atoms with E-state index in [2.05, 4.69) is 15.7 Å². The van der Waals surface area contributed by atoms with Crippen LogP contribution >= 0.6 is 12.4 Å². The molecule has 1 heterocycles. The zero-order valence-corrected chi connectivity index (χ0v) is 16.9. The average Bonchev–Trinajstić information content (AvgIpc) is 2.94. The van der Waals surface area contributed by atoms with Crippen LogP contribution in [0.2, 0.25) is 0 Å². The Labute approximate surface area is 160 Å². The summed E-state index contributed by atoms with van der Waals surface area (Å²) in [6.07, 6.45) is 3.40. The minimum Gasteiger partial charge on any atom is -0.324 e. The number of likely N-dealkylation sites (N-methyl/N-ethyl adjacent to an activating group) is 1. The van der Waals surface area contributed by atoms with Crippen molar-refractivity contribution in [3.63, 3.8) is 0 Å². The van der Waals surface area contributed by atoms with Crippen molar-refractivity contribution in [3.8, 4) is 0 Å². The molecule has 7 nitrogen and oxygen atoms in total. The van der Waals surface area contributed by atoms with Crippen molar-refractivity contribution < 1.29 is 13.2 Å². The number of hydrogen-bond acceptors (Lipinski definition) is 5. The molecule has 0 saturated heterocycles. The summed E-state index contributed by atoms with van der Waals surface area (Å²) in [6.45, 7) is 3.32. The summed E-state index contributed by atoms with van der Waals surface area (Å²) in [5.41, 5.74) is 1.96. The molecule has 2 N–H and O–H groups in total. The lowest BCUT2D eigenvalue weighted by molar-refractivity contribution is -0.118. The second kappa shape index (κ2) is 9.16. The number of nitrogens with one attached hydrogen (secondary N) is 2. The summed E-state index contributed by atoms with van der Waals surface area (Å²) < 4.78 is 25.8. The molecule has 26 heavy (non-hydrogen) atoms.